The third-order valence-electron chi connectivity index (χ3n) is 10.8. The molecule has 1 amide bonds. The molecule has 1 spiro atoms. The number of rotatable bonds is 7. The van der Waals surface area contributed by atoms with Crippen LogP contribution in [0.2, 0.25) is 10.0 Å². The highest BCUT2D eigenvalue weighted by molar-refractivity contribution is 7.89. The normalized spacial score (nSPS) is 18.6. The summed E-state index contributed by atoms with van der Waals surface area (Å²) in [5.41, 5.74) is 1.64. The van der Waals surface area contributed by atoms with Crippen LogP contribution >= 0.6 is 23.2 Å². The van der Waals surface area contributed by atoms with Gasteiger partial charge in [0.15, 0.2) is 0 Å². The Hall–Kier alpha value is -3.99. The summed E-state index contributed by atoms with van der Waals surface area (Å²) < 4.78 is 108. The summed E-state index contributed by atoms with van der Waals surface area (Å²) >= 11 is 13.4. The first-order chi connectivity index (χ1) is 28.1. The number of ether oxygens (including phenoxy) is 2. The molecular formula is C38H45Cl2F6N5O9S. The van der Waals surface area contributed by atoms with Crippen LogP contribution in [0.4, 0.5) is 26.3 Å². The van der Waals surface area contributed by atoms with E-state index in [0.717, 1.165) is 64.9 Å². The molecule has 61 heavy (non-hydrogen) atoms. The molecule has 0 unspecified atom stereocenters. The second-order valence-electron chi connectivity index (χ2n) is 15.6. The molecule has 3 fully saturated rings. The maximum absolute atomic E-state index is 14.2. The van der Waals surface area contributed by atoms with Gasteiger partial charge in [0, 0.05) is 34.9 Å². The number of benzene rings is 2. The highest BCUT2D eigenvalue weighted by Crippen LogP contribution is 2.36. The quantitative estimate of drug-likeness (QED) is 0.274. The van der Waals surface area contributed by atoms with Crippen molar-refractivity contribution in [1.82, 2.24) is 14.6 Å². The number of aliphatic carboxylic acids is 2. The van der Waals surface area contributed by atoms with Gasteiger partial charge in [0.2, 0.25) is 15.9 Å². The molecule has 0 aliphatic carbocycles. The molecular weight excluding hydrogens is 887 g/mol. The third-order valence-corrected chi connectivity index (χ3v) is 13.3. The van der Waals surface area contributed by atoms with E-state index in [0.29, 0.717) is 29.9 Å². The van der Waals surface area contributed by atoms with Gasteiger partial charge >= 0.3 is 12.4 Å². The van der Waals surface area contributed by atoms with Crippen LogP contribution in [0.15, 0.2) is 41.3 Å². The molecule has 0 saturated carbocycles. The van der Waals surface area contributed by atoms with Gasteiger partial charge in [0.25, 0.3) is 0 Å². The van der Waals surface area contributed by atoms with Gasteiger partial charge in [-0.3, -0.25) is 4.79 Å². The van der Waals surface area contributed by atoms with Crippen LogP contribution < -0.4 is 19.7 Å². The van der Waals surface area contributed by atoms with Crippen molar-refractivity contribution in [3.05, 3.63) is 63.3 Å². The van der Waals surface area contributed by atoms with Crippen LogP contribution in [-0.4, -0.2) is 143 Å². The maximum Gasteiger partial charge on any atom is 0.430 e. The molecule has 4 heterocycles. The van der Waals surface area contributed by atoms with Gasteiger partial charge in [-0.2, -0.15) is 31.1 Å². The molecule has 1 aromatic heterocycles. The molecule has 2 aromatic carbocycles. The topological polar surface area (TPSA) is 178 Å². The van der Waals surface area contributed by atoms with Crippen LogP contribution in [0.5, 0.6) is 5.75 Å². The lowest BCUT2D eigenvalue weighted by atomic mass is 9.89. The molecule has 6 rings (SSSR count). The average molecular weight is 933 g/mol. The summed E-state index contributed by atoms with van der Waals surface area (Å²) in [4.78, 5) is 38.2. The number of aryl methyl sites for hydroxylation is 2. The van der Waals surface area contributed by atoms with E-state index < -0.39 is 39.9 Å². The number of fused-ring (bicyclic) bond motifs is 1. The number of aromatic nitrogens is 1. The minimum Gasteiger partial charge on any atom is -0.542 e. The molecule has 338 valence electrons. The van der Waals surface area contributed by atoms with Gasteiger partial charge in [0.05, 0.1) is 45.3 Å². The number of nitrogens with one attached hydrogen (secondary N) is 1. The number of para-hydroxylation sites is 1. The number of hydrogen-bond acceptors (Lipinski definition) is 10. The number of carboxylic acid groups (broad SMARTS) is 2. The van der Waals surface area contributed by atoms with Gasteiger partial charge in [-0.15, -0.1) is 0 Å². The molecule has 0 bridgehead atoms. The molecule has 3 aliphatic heterocycles. The van der Waals surface area contributed by atoms with Crippen molar-refractivity contribution < 1.29 is 77.8 Å². The SMILES string of the molecule is Cc1cc(C)c2cccc(OCc3c(Cl)ccc(S(=O)(=O)NC4(C(=O)N5CC[N+]6(CC5)CC[N+](C)(C)CC6)CCOCC4)c3Cl)c2n1.O=C([O-])C(F)(F)F.O=C([O-])C(F)(F)F. The zero-order chi connectivity index (χ0) is 45.8. The highest BCUT2D eigenvalue weighted by atomic mass is 35.5. The van der Waals surface area contributed by atoms with Crippen molar-refractivity contribution in [2.45, 2.75) is 56.1 Å². The van der Waals surface area contributed by atoms with E-state index in [-0.39, 0.29) is 53.5 Å². The van der Waals surface area contributed by atoms with Gasteiger partial charge in [-0.05, 0) is 56.5 Å². The Labute approximate surface area is 358 Å². The van der Waals surface area contributed by atoms with Crippen molar-refractivity contribution >= 4 is 62.0 Å². The Kier molecular flexibility index (Phi) is 15.6. The Bertz CT molecular complexity index is 2180. The van der Waals surface area contributed by atoms with Crippen LogP contribution in [0.3, 0.4) is 0 Å². The predicted octanol–water partition coefficient (Wildman–Crippen LogP) is 2.91. The molecule has 3 aliphatic rings. The number of carbonyl (C=O) groups is 3. The number of carboxylic acids is 2. The monoisotopic (exact) mass is 931 g/mol. The number of pyridine rings is 1. The molecule has 14 nitrogen and oxygen atoms in total. The summed E-state index contributed by atoms with van der Waals surface area (Å²) in [5, 5.41) is 18.8. The van der Waals surface area contributed by atoms with Crippen molar-refractivity contribution in [3.63, 3.8) is 0 Å². The Morgan fingerprint density at radius 2 is 1.44 bits per heavy atom. The average Bonchev–Trinajstić information content (AvgIpc) is 3.16. The smallest absolute Gasteiger partial charge is 0.430 e. The fraction of sp³-hybridized carbons (Fsp3) is 0.526. The number of sulfonamides is 1. The Balaban J connectivity index is 0.000000504. The minimum atomic E-state index is -5.19. The lowest BCUT2D eigenvalue weighted by Crippen LogP contribution is -2.71. The minimum absolute atomic E-state index is 0.0453. The fourth-order valence-corrected chi connectivity index (χ4v) is 9.47. The van der Waals surface area contributed by atoms with E-state index in [2.05, 4.69) is 23.8 Å². The third kappa shape index (κ3) is 12.6. The van der Waals surface area contributed by atoms with Gasteiger partial charge < -0.3 is 43.1 Å². The van der Waals surface area contributed by atoms with Crippen LogP contribution in [0.1, 0.15) is 29.7 Å². The van der Waals surface area contributed by atoms with Gasteiger partial charge in [-0.1, -0.05) is 35.3 Å². The number of carbonyl (C=O) groups excluding carboxylic acids is 3. The molecule has 0 radical (unpaired) electrons. The maximum atomic E-state index is 14.2. The van der Waals surface area contributed by atoms with Crippen LogP contribution in [0.25, 0.3) is 10.9 Å². The first-order valence-corrected chi connectivity index (χ1v) is 21.0. The summed E-state index contributed by atoms with van der Waals surface area (Å²) in [5.74, 6) is -5.67. The highest BCUT2D eigenvalue weighted by Gasteiger charge is 2.49. The summed E-state index contributed by atoms with van der Waals surface area (Å²) in [6, 6.07) is 10.6. The second kappa shape index (κ2) is 19.2. The lowest BCUT2D eigenvalue weighted by Gasteiger charge is -2.51. The number of piperazine rings is 2. The number of hydrogen-bond donors (Lipinski definition) is 1. The largest absolute Gasteiger partial charge is 0.542 e. The Morgan fingerprint density at radius 1 is 0.902 bits per heavy atom. The van der Waals surface area contributed by atoms with Crippen molar-refractivity contribution in [3.8, 4) is 5.75 Å². The van der Waals surface area contributed by atoms with Crippen LogP contribution in [0, 0.1) is 13.8 Å². The number of alkyl halides is 6. The number of likely N-dealkylation sites (N-methyl/N-ethyl adjacent to an activating group) is 1. The number of quaternary nitrogens is 2. The first kappa shape index (κ1) is 49.7. The predicted molar refractivity (Wildman–Crippen MR) is 205 cm³/mol. The van der Waals surface area contributed by atoms with Crippen LogP contribution in [-0.2, 0) is 35.8 Å². The number of halogens is 8. The Morgan fingerprint density at radius 3 is 1.97 bits per heavy atom. The summed E-state index contributed by atoms with van der Waals surface area (Å²) in [7, 11) is 0.276. The van der Waals surface area contributed by atoms with E-state index in [1.807, 2.05) is 43.0 Å². The zero-order valence-electron chi connectivity index (χ0n) is 33.6. The van der Waals surface area contributed by atoms with Crippen molar-refractivity contribution in [1.29, 1.82) is 0 Å². The summed E-state index contributed by atoms with van der Waals surface area (Å²) in [6.45, 7) is 11.8. The van der Waals surface area contributed by atoms with Crippen molar-refractivity contribution in [2.24, 2.45) is 0 Å². The molecule has 1 N–H and O–H groups in total. The van der Waals surface area contributed by atoms with Gasteiger partial charge in [0.1, 0.15) is 66.4 Å². The molecule has 3 aromatic rings. The zero-order valence-corrected chi connectivity index (χ0v) is 35.9. The molecule has 23 heteroatoms. The summed E-state index contributed by atoms with van der Waals surface area (Å²) in [6.07, 6.45) is -9.91. The lowest BCUT2D eigenvalue weighted by molar-refractivity contribution is -1.02. The fourth-order valence-electron chi connectivity index (χ4n) is 7.16. The van der Waals surface area contributed by atoms with E-state index in [1.165, 1.54) is 12.1 Å². The first-order valence-electron chi connectivity index (χ1n) is 18.7. The molecule has 0 atom stereocenters. The standard InChI is InChI=1S/C34H45Cl2N5O5S.2C2HF3O2/c1-24-22-25(2)37-32-26(24)6-5-7-29(32)46-23-27-28(35)8-9-30(31(27)36)47(43,44)38-34(10-20-45-21-11-34)33(42)39-12-14-41(15-13-39)18-16-40(3,4)17-19-41;2*3-2(4,5)1(6)7/h5-9,22,38H,10-21,23H2,1-4H3;2*(H,6,7)/q+2;;/p-2. The number of amides is 1. The number of nitrogens with zero attached hydrogens (tertiary/aromatic N) is 4. The second-order valence-corrected chi connectivity index (χ2v) is 18.1. The van der Waals surface area contributed by atoms with Crippen molar-refractivity contribution in [2.75, 3.05) is 79.7 Å². The van der Waals surface area contributed by atoms with E-state index >= 15 is 0 Å². The van der Waals surface area contributed by atoms with Gasteiger partial charge in [-0.25, -0.2) is 13.4 Å². The van der Waals surface area contributed by atoms with E-state index in [1.54, 1.807) is 0 Å². The molecule has 3 saturated heterocycles. The van der Waals surface area contributed by atoms with E-state index in [4.69, 9.17) is 52.5 Å². The van der Waals surface area contributed by atoms with E-state index in [9.17, 15) is 39.6 Å².